The Kier molecular flexibility index (Phi) is 4.96. The number of hydrogen-bond donors (Lipinski definition) is 1. The fourth-order valence-electron chi connectivity index (χ4n) is 2.56. The fraction of sp³-hybridized carbons (Fsp3) is 0.111. The smallest absolute Gasteiger partial charge is 0.175 e. The summed E-state index contributed by atoms with van der Waals surface area (Å²) in [6.45, 7) is 0.360. The van der Waals surface area contributed by atoms with Crippen LogP contribution in [0.2, 0.25) is 0 Å². The van der Waals surface area contributed by atoms with Gasteiger partial charge in [0.15, 0.2) is 15.5 Å². The van der Waals surface area contributed by atoms with E-state index in [0.29, 0.717) is 12.2 Å². The molecule has 0 atom stereocenters. The van der Waals surface area contributed by atoms with E-state index >= 15 is 0 Å². The Balaban J connectivity index is 2.15. The van der Waals surface area contributed by atoms with E-state index in [2.05, 4.69) is 21.0 Å². The average Bonchev–Trinajstić information content (AvgIpc) is 3.06. The number of halogens is 1. The number of rotatable bonds is 4. The Bertz CT molecular complexity index is 1110. The van der Waals surface area contributed by atoms with Gasteiger partial charge in [0, 0.05) is 28.9 Å². The maximum Gasteiger partial charge on any atom is 0.175 e. The molecule has 2 N–H and O–H groups in total. The van der Waals surface area contributed by atoms with Crippen LogP contribution in [0.4, 0.5) is 0 Å². The van der Waals surface area contributed by atoms with E-state index in [0.717, 1.165) is 27.5 Å². The molecule has 0 unspecified atom stereocenters. The summed E-state index contributed by atoms with van der Waals surface area (Å²) in [4.78, 5) is 0.238. The molecule has 0 aliphatic carbocycles. The van der Waals surface area contributed by atoms with Gasteiger partial charge in [-0.2, -0.15) is 10.4 Å². The number of nitrogens with zero attached hydrogens (tertiary/aromatic N) is 3. The third-order valence-corrected chi connectivity index (χ3v) is 5.80. The number of hydrogen-bond acceptors (Lipinski definition) is 5. The van der Waals surface area contributed by atoms with Crippen LogP contribution in [-0.2, 0) is 16.4 Å². The lowest BCUT2D eigenvalue weighted by atomic mass is 10.1. The SMILES string of the molecule is CS(=O)(=O)c1ccc(-c2cc(C#N)nn2-c2ccc(Br)c(CN)c2)cc1. The van der Waals surface area contributed by atoms with E-state index in [9.17, 15) is 13.7 Å². The van der Waals surface area contributed by atoms with Gasteiger partial charge in [-0.25, -0.2) is 13.1 Å². The molecule has 0 spiro atoms. The third-order valence-electron chi connectivity index (χ3n) is 3.90. The first kappa shape index (κ1) is 18.3. The molecule has 0 aliphatic heterocycles. The number of nitrogens with two attached hydrogens (primary N) is 1. The van der Waals surface area contributed by atoms with Crippen molar-refractivity contribution in [2.24, 2.45) is 5.73 Å². The summed E-state index contributed by atoms with van der Waals surface area (Å²) in [6.07, 6.45) is 1.16. The van der Waals surface area contributed by atoms with Crippen molar-refractivity contribution in [2.75, 3.05) is 6.26 Å². The van der Waals surface area contributed by atoms with Gasteiger partial charge < -0.3 is 5.73 Å². The van der Waals surface area contributed by atoms with Gasteiger partial charge in [0.1, 0.15) is 6.07 Å². The van der Waals surface area contributed by atoms with Crippen LogP contribution < -0.4 is 5.73 Å². The Morgan fingerprint density at radius 1 is 1.19 bits per heavy atom. The molecule has 26 heavy (non-hydrogen) atoms. The molecule has 0 bridgehead atoms. The van der Waals surface area contributed by atoms with Gasteiger partial charge >= 0.3 is 0 Å². The zero-order valence-electron chi connectivity index (χ0n) is 13.8. The largest absolute Gasteiger partial charge is 0.326 e. The minimum atomic E-state index is -3.27. The Morgan fingerprint density at radius 3 is 2.46 bits per heavy atom. The van der Waals surface area contributed by atoms with Crippen molar-refractivity contribution in [3.8, 4) is 23.0 Å². The average molecular weight is 431 g/mol. The molecule has 1 aromatic heterocycles. The van der Waals surface area contributed by atoms with Gasteiger partial charge in [-0.3, -0.25) is 0 Å². The highest BCUT2D eigenvalue weighted by Gasteiger charge is 2.14. The summed E-state index contributed by atoms with van der Waals surface area (Å²) < 4.78 is 25.8. The first-order valence-corrected chi connectivity index (χ1v) is 10.3. The van der Waals surface area contributed by atoms with Crippen molar-refractivity contribution in [3.63, 3.8) is 0 Å². The molecule has 0 amide bonds. The summed E-state index contributed by atoms with van der Waals surface area (Å²) in [6, 6.07) is 15.8. The third kappa shape index (κ3) is 3.55. The first-order valence-electron chi connectivity index (χ1n) is 7.63. The van der Waals surface area contributed by atoms with Gasteiger partial charge in [-0.1, -0.05) is 28.1 Å². The molecular weight excluding hydrogens is 416 g/mol. The van der Waals surface area contributed by atoms with Crippen LogP contribution in [0.5, 0.6) is 0 Å². The van der Waals surface area contributed by atoms with Crippen molar-refractivity contribution in [1.29, 1.82) is 5.26 Å². The summed E-state index contributed by atoms with van der Waals surface area (Å²) in [5.41, 5.74) is 9.15. The van der Waals surface area contributed by atoms with Gasteiger partial charge in [-0.15, -0.1) is 0 Å². The Labute approximate surface area is 159 Å². The van der Waals surface area contributed by atoms with E-state index in [1.54, 1.807) is 35.0 Å². The number of aromatic nitrogens is 2. The van der Waals surface area contributed by atoms with Crippen molar-refractivity contribution < 1.29 is 8.42 Å². The highest BCUT2D eigenvalue weighted by Crippen LogP contribution is 2.27. The molecule has 0 saturated heterocycles. The van der Waals surface area contributed by atoms with Crippen LogP contribution >= 0.6 is 15.9 Å². The standard InChI is InChI=1S/C18H15BrN4O2S/c1-26(24,25)16-5-2-12(3-6-16)18-9-14(11-21)22-23(18)15-4-7-17(19)13(8-15)10-20/h2-9H,10,20H2,1H3. The molecule has 6 nitrogen and oxygen atoms in total. The molecule has 132 valence electrons. The molecule has 0 fully saturated rings. The van der Waals surface area contributed by atoms with Crippen molar-refractivity contribution in [1.82, 2.24) is 9.78 Å². The van der Waals surface area contributed by atoms with Crippen LogP contribution in [0, 0.1) is 11.3 Å². The van der Waals surface area contributed by atoms with Gasteiger partial charge in [0.25, 0.3) is 0 Å². The van der Waals surface area contributed by atoms with Crippen LogP contribution in [0.1, 0.15) is 11.3 Å². The second-order valence-electron chi connectivity index (χ2n) is 5.71. The fourth-order valence-corrected chi connectivity index (χ4v) is 3.60. The summed E-state index contributed by atoms with van der Waals surface area (Å²) in [5.74, 6) is 0. The van der Waals surface area contributed by atoms with Crippen molar-refractivity contribution in [2.45, 2.75) is 11.4 Å². The monoisotopic (exact) mass is 430 g/mol. The summed E-state index contributed by atoms with van der Waals surface area (Å²) in [5, 5.41) is 13.6. The molecule has 1 heterocycles. The van der Waals surface area contributed by atoms with E-state index < -0.39 is 9.84 Å². The van der Waals surface area contributed by atoms with Crippen LogP contribution in [0.25, 0.3) is 16.9 Å². The van der Waals surface area contributed by atoms with Crippen LogP contribution in [0.3, 0.4) is 0 Å². The molecule has 3 aromatic rings. The predicted molar refractivity (Wildman–Crippen MR) is 102 cm³/mol. The summed E-state index contributed by atoms with van der Waals surface area (Å²) >= 11 is 3.45. The quantitative estimate of drug-likeness (QED) is 0.684. The molecule has 8 heteroatoms. The molecular formula is C18H15BrN4O2S. The number of sulfone groups is 1. The van der Waals surface area contributed by atoms with Gasteiger partial charge in [-0.05, 0) is 35.9 Å². The van der Waals surface area contributed by atoms with Crippen LogP contribution in [0.15, 0.2) is 57.9 Å². The summed E-state index contributed by atoms with van der Waals surface area (Å²) in [7, 11) is -3.27. The lowest BCUT2D eigenvalue weighted by Gasteiger charge is -2.10. The second-order valence-corrected chi connectivity index (χ2v) is 8.58. The van der Waals surface area contributed by atoms with Crippen molar-refractivity contribution in [3.05, 3.63) is 64.3 Å². The normalized spacial score (nSPS) is 11.3. The molecule has 0 aliphatic rings. The highest BCUT2D eigenvalue weighted by atomic mass is 79.9. The molecule has 0 saturated carbocycles. The lowest BCUT2D eigenvalue weighted by Crippen LogP contribution is -2.03. The molecule has 2 aromatic carbocycles. The van der Waals surface area contributed by atoms with Gasteiger partial charge in [0.05, 0.1) is 16.3 Å². The maximum absolute atomic E-state index is 11.6. The predicted octanol–water partition coefficient (Wildman–Crippen LogP) is 3.04. The first-order chi connectivity index (χ1) is 12.3. The van der Waals surface area contributed by atoms with E-state index in [1.807, 2.05) is 24.3 Å². The zero-order valence-corrected chi connectivity index (χ0v) is 16.3. The van der Waals surface area contributed by atoms with E-state index in [-0.39, 0.29) is 10.6 Å². The molecule has 0 radical (unpaired) electrons. The minimum Gasteiger partial charge on any atom is -0.326 e. The zero-order chi connectivity index (χ0) is 18.9. The number of benzene rings is 2. The second kappa shape index (κ2) is 7.03. The number of nitriles is 1. The minimum absolute atomic E-state index is 0.238. The van der Waals surface area contributed by atoms with Gasteiger partial charge in [0.2, 0.25) is 0 Å². The Hall–Kier alpha value is -2.47. The topological polar surface area (TPSA) is 102 Å². The van der Waals surface area contributed by atoms with E-state index in [4.69, 9.17) is 5.73 Å². The van der Waals surface area contributed by atoms with Crippen LogP contribution in [-0.4, -0.2) is 24.5 Å². The Morgan fingerprint density at radius 2 is 1.88 bits per heavy atom. The van der Waals surface area contributed by atoms with Crippen molar-refractivity contribution >= 4 is 25.8 Å². The molecule has 3 rings (SSSR count). The highest BCUT2D eigenvalue weighted by molar-refractivity contribution is 9.10. The maximum atomic E-state index is 11.6. The lowest BCUT2D eigenvalue weighted by molar-refractivity contribution is 0.602. The van der Waals surface area contributed by atoms with E-state index in [1.165, 1.54) is 0 Å².